The summed E-state index contributed by atoms with van der Waals surface area (Å²) in [6.07, 6.45) is 4.93. The fourth-order valence-electron chi connectivity index (χ4n) is 2.39. The largest absolute Gasteiger partial charge is 0.342 e. The number of rotatable bonds is 2. The molecule has 0 aromatic heterocycles. The number of hydroxylamine groups is 1. The molecule has 1 aliphatic heterocycles. The van der Waals surface area contributed by atoms with Crippen molar-refractivity contribution in [2.75, 3.05) is 6.61 Å². The Kier molecular flexibility index (Phi) is 3.96. The molecule has 96 valence electrons. The van der Waals surface area contributed by atoms with Crippen molar-refractivity contribution >= 4 is 11.8 Å². The fourth-order valence-corrected chi connectivity index (χ4v) is 2.39. The highest BCUT2D eigenvalue weighted by Crippen LogP contribution is 2.22. The van der Waals surface area contributed by atoms with Gasteiger partial charge in [-0.2, -0.15) is 0 Å². The lowest BCUT2D eigenvalue weighted by Crippen LogP contribution is -2.48. The number of carbonyl (C=O) groups excluding carboxylic acids is 2. The average molecular weight is 241 g/mol. The van der Waals surface area contributed by atoms with Gasteiger partial charge in [0.2, 0.25) is 5.91 Å². The Hall–Kier alpha value is -1.14. The fraction of sp³-hybridized carbons (Fsp3) is 0.818. The summed E-state index contributed by atoms with van der Waals surface area (Å²) in [4.78, 5) is 28.1. The lowest BCUT2D eigenvalue weighted by molar-refractivity contribution is -0.131. The van der Waals surface area contributed by atoms with Gasteiger partial charge in [0.1, 0.15) is 12.6 Å². The van der Waals surface area contributed by atoms with E-state index in [1.165, 1.54) is 0 Å². The van der Waals surface area contributed by atoms with E-state index in [0.717, 1.165) is 32.1 Å². The molecule has 0 spiro atoms. The molecule has 1 saturated heterocycles. The van der Waals surface area contributed by atoms with Gasteiger partial charge >= 0.3 is 0 Å². The van der Waals surface area contributed by atoms with Crippen LogP contribution < -0.4 is 16.5 Å². The first kappa shape index (κ1) is 12.3. The summed E-state index contributed by atoms with van der Waals surface area (Å²) in [5, 5.41) is 2.70. The minimum Gasteiger partial charge on any atom is -0.342 e. The standard InChI is InChI=1S/C11H19N3O3/c12-8-5-3-1-2-4-7(8)10(15)13-9-6-17-14-11(9)16/h7-9H,1-6,12H2,(H,13,15)(H,14,16)/t7?,8?,9-/m1/s1. The molecule has 2 fully saturated rings. The molecule has 2 amide bonds. The second-order valence-corrected chi connectivity index (χ2v) is 4.75. The highest BCUT2D eigenvalue weighted by atomic mass is 16.7. The highest BCUT2D eigenvalue weighted by Gasteiger charge is 2.32. The molecule has 1 heterocycles. The van der Waals surface area contributed by atoms with Crippen LogP contribution in [0.25, 0.3) is 0 Å². The summed E-state index contributed by atoms with van der Waals surface area (Å²) >= 11 is 0. The Morgan fingerprint density at radius 2 is 2.12 bits per heavy atom. The van der Waals surface area contributed by atoms with Crippen LogP contribution >= 0.6 is 0 Å². The average Bonchev–Trinajstić information content (AvgIpc) is 2.57. The minimum atomic E-state index is -0.571. The molecular weight excluding hydrogens is 222 g/mol. The Balaban J connectivity index is 1.91. The van der Waals surface area contributed by atoms with Crippen LogP contribution in [0.3, 0.4) is 0 Å². The van der Waals surface area contributed by atoms with Crippen LogP contribution in [0.5, 0.6) is 0 Å². The van der Waals surface area contributed by atoms with Crippen molar-refractivity contribution in [2.45, 2.75) is 44.2 Å². The SMILES string of the molecule is NC1CCCCCC1C(=O)N[C@@H]1CONC1=O. The summed E-state index contributed by atoms with van der Waals surface area (Å²) in [6, 6.07) is -0.666. The van der Waals surface area contributed by atoms with Crippen LogP contribution in [-0.4, -0.2) is 30.5 Å². The third-order valence-corrected chi connectivity index (χ3v) is 3.46. The molecular formula is C11H19N3O3. The number of nitrogens with one attached hydrogen (secondary N) is 2. The van der Waals surface area contributed by atoms with E-state index in [0.29, 0.717) is 0 Å². The summed E-state index contributed by atoms with van der Waals surface area (Å²) in [7, 11) is 0. The predicted molar refractivity (Wildman–Crippen MR) is 60.6 cm³/mol. The summed E-state index contributed by atoms with van der Waals surface area (Å²) < 4.78 is 0. The smallest absolute Gasteiger partial charge is 0.268 e. The zero-order valence-electron chi connectivity index (χ0n) is 9.78. The summed E-state index contributed by atoms with van der Waals surface area (Å²) in [5.41, 5.74) is 8.21. The number of amides is 2. The van der Waals surface area contributed by atoms with E-state index in [4.69, 9.17) is 10.6 Å². The third-order valence-electron chi connectivity index (χ3n) is 3.46. The third kappa shape index (κ3) is 2.95. The van der Waals surface area contributed by atoms with Gasteiger partial charge in [0.25, 0.3) is 5.91 Å². The molecule has 0 aromatic rings. The van der Waals surface area contributed by atoms with Gasteiger partial charge in [-0.05, 0) is 12.8 Å². The van der Waals surface area contributed by atoms with Gasteiger partial charge in [-0.3, -0.25) is 14.4 Å². The first-order chi connectivity index (χ1) is 8.18. The van der Waals surface area contributed by atoms with Gasteiger partial charge < -0.3 is 11.1 Å². The molecule has 4 N–H and O–H groups in total. The Morgan fingerprint density at radius 3 is 2.82 bits per heavy atom. The second kappa shape index (κ2) is 5.46. The van der Waals surface area contributed by atoms with E-state index in [2.05, 4.69) is 10.8 Å². The topological polar surface area (TPSA) is 93.5 Å². The molecule has 17 heavy (non-hydrogen) atoms. The predicted octanol–water partition coefficient (Wildman–Crippen LogP) is -0.560. The summed E-state index contributed by atoms with van der Waals surface area (Å²) in [5.74, 6) is -0.587. The van der Waals surface area contributed by atoms with Crippen LogP contribution in [0.2, 0.25) is 0 Å². The van der Waals surface area contributed by atoms with Gasteiger partial charge in [-0.15, -0.1) is 0 Å². The Morgan fingerprint density at radius 1 is 1.35 bits per heavy atom. The Bertz CT molecular complexity index is 308. The number of hydrogen-bond acceptors (Lipinski definition) is 4. The Labute approximate surface area is 100 Å². The lowest BCUT2D eigenvalue weighted by atomic mass is 9.94. The first-order valence-electron chi connectivity index (χ1n) is 6.16. The van der Waals surface area contributed by atoms with Crippen molar-refractivity contribution in [1.29, 1.82) is 0 Å². The molecule has 1 aliphatic carbocycles. The molecule has 2 rings (SSSR count). The van der Waals surface area contributed by atoms with Gasteiger partial charge in [0.15, 0.2) is 0 Å². The minimum absolute atomic E-state index is 0.0946. The number of carbonyl (C=O) groups is 2. The molecule has 6 heteroatoms. The van der Waals surface area contributed by atoms with Gasteiger partial charge in [-0.1, -0.05) is 19.3 Å². The molecule has 3 atom stereocenters. The van der Waals surface area contributed by atoms with Gasteiger partial charge in [0.05, 0.1) is 5.92 Å². The van der Waals surface area contributed by atoms with E-state index in [9.17, 15) is 9.59 Å². The molecule has 2 aliphatic rings. The maximum absolute atomic E-state index is 12.0. The zero-order chi connectivity index (χ0) is 12.3. The van der Waals surface area contributed by atoms with Crippen LogP contribution in [0.4, 0.5) is 0 Å². The molecule has 1 saturated carbocycles. The van der Waals surface area contributed by atoms with Gasteiger partial charge in [0, 0.05) is 6.04 Å². The van der Waals surface area contributed by atoms with Gasteiger partial charge in [-0.25, -0.2) is 5.48 Å². The van der Waals surface area contributed by atoms with E-state index >= 15 is 0 Å². The first-order valence-corrected chi connectivity index (χ1v) is 6.16. The van der Waals surface area contributed by atoms with E-state index in [1.807, 2.05) is 0 Å². The van der Waals surface area contributed by atoms with Crippen LogP contribution in [0.1, 0.15) is 32.1 Å². The lowest BCUT2D eigenvalue weighted by Gasteiger charge is -2.21. The normalized spacial score (nSPS) is 33.9. The molecule has 2 unspecified atom stereocenters. The van der Waals surface area contributed by atoms with Crippen molar-refractivity contribution < 1.29 is 14.4 Å². The molecule has 0 bridgehead atoms. The molecule has 6 nitrogen and oxygen atoms in total. The van der Waals surface area contributed by atoms with Crippen molar-refractivity contribution in [3.05, 3.63) is 0 Å². The number of nitrogens with two attached hydrogens (primary N) is 1. The summed E-state index contributed by atoms with van der Waals surface area (Å²) in [6.45, 7) is 0.187. The van der Waals surface area contributed by atoms with Crippen LogP contribution in [-0.2, 0) is 14.4 Å². The van der Waals surface area contributed by atoms with Crippen molar-refractivity contribution in [3.8, 4) is 0 Å². The van der Waals surface area contributed by atoms with Crippen molar-refractivity contribution in [3.63, 3.8) is 0 Å². The molecule has 0 radical (unpaired) electrons. The highest BCUT2D eigenvalue weighted by molar-refractivity contribution is 5.89. The van der Waals surface area contributed by atoms with Crippen LogP contribution in [0, 0.1) is 5.92 Å². The monoisotopic (exact) mass is 241 g/mol. The van der Waals surface area contributed by atoms with E-state index in [-0.39, 0.29) is 30.4 Å². The number of hydrogen-bond donors (Lipinski definition) is 3. The van der Waals surface area contributed by atoms with Crippen molar-refractivity contribution in [2.24, 2.45) is 11.7 Å². The zero-order valence-corrected chi connectivity index (χ0v) is 9.78. The maximum Gasteiger partial charge on any atom is 0.268 e. The molecule has 0 aromatic carbocycles. The van der Waals surface area contributed by atoms with E-state index < -0.39 is 6.04 Å². The maximum atomic E-state index is 12.0. The second-order valence-electron chi connectivity index (χ2n) is 4.75. The quantitative estimate of drug-likeness (QED) is 0.565. The van der Waals surface area contributed by atoms with E-state index in [1.54, 1.807) is 0 Å². The van der Waals surface area contributed by atoms with Crippen LogP contribution in [0.15, 0.2) is 0 Å². The van der Waals surface area contributed by atoms with Crippen molar-refractivity contribution in [1.82, 2.24) is 10.8 Å².